The predicted octanol–water partition coefficient (Wildman–Crippen LogP) is 3.68. The van der Waals surface area contributed by atoms with Gasteiger partial charge in [0.15, 0.2) is 10.9 Å². The van der Waals surface area contributed by atoms with E-state index in [0.29, 0.717) is 23.9 Å². The minimum atomic E-state index is -3.65. The lowest BCUT2D eigenvalue weighted by Gasteiger charge is -2.34. The molecule has 3 rings (SSSR count). The Labute approximate surface area is 191 Å². The van der Waals surface area contributed by atoms with Crippen LogP contribution in [0.5, 0.6) is 0 Å². The molecule has 1 saturated heterocycles. The highest BCUT2D eigenvalue weighted by Gasteiger charge is 2.32. The number of halogens is 1. The van der Waals surface area contributed by atoms with Gasteiger partial charge in [-0.3, -0.25) is 4.79 Å². The number of benzene rings is 1. The number of anilines is 1. The highest BCUT2D eigenvalue weighted by molar-refractivity contribution is 7.99. The monoisotopic (exact) mass is 484 g/mol. The van der Waals surface area contributed by atoms with Crippen molar-refractivity contribution in [3.8, 4) is 0 Å². The van der Waals surface area contributed by atoms with Crippen LogP contribution in [-0.2, 0) is 14.8 Å². The Balaban J connectivity index is 1.73. The van der Waals surface area contributed by atoms with Crippen molar-refractivity contribution in [1.82, 2.24) is 14.3 Å². The molecule has 2 aromatic rings. The molecule has 0 spiro atoms. The molecule has 1 N–H and O–H groups in total. The standard InChI is InChI=1S/C20H25ClN4O4S2/c1-4-9-30-20-22-10-17(21)18(24-20)19(26)23-15-5-7-16(8-6-15)31(27,28)25-11-13(2)29-14(3)12-25/h5-8,10,13-14H,4,9,11-12H2,1-3H3,(H,23,26)/t13-,14-/m1/s1. The summed E-state index contributed by atoms with van der Waals surface area (Å²) in [5.74, 6) is 0.344. The molecule has 1 aliphatic rings. The third-order valence-corrected chi connectivity index (χ3v) is 7.70. The Bertz CT molecular complexity index is 1020. The van der Waals surface area contributed by atoms with E-state index in [4.69, 9.17) is 16.3 Å². The number of morpholine rings is 1. The van der Waals surface area contributed by atoms with E-state index in [1.54, 1.807) is 12.1 Å². The number of hydrogen-bond donors (Lipinski definition) is 1. The van der Waals surface area contributed by atoms with Crippen LogP contribution in [0.3, 0.4) is 0 Å². The van der Waals surface area contributed by atoms with E-state index in [1.807, 2.05) is 20.8 Å². The summed E-state index contributed by atoms with van der Waals surface area (Å²) in [6.45, 7) is 6.34. The molecule has 0 aliphatic carbocycles. The maximum Gasteiger partial charge on any atom is 0.275 e. The van der Waals surface area contributed by atoms with Gasteiger partial charge in [-0.2, -0.15) is 4.31 Å². The summed E-state index contributed by atoms with van der Waals surface area (Å²) in [5, 5.41) is 3.33. The van der Waals surface area contributed by atoms with Crippen molar-refractivity contribution >= 4 is 45.0 Å². The second-order valence-electron chi connectivity index (χ2n) is 7.26. The summed E-state index contributed by atoms with van der Waals surface area (Å²) in [7, 11) is -3.65. The normalized spacial score (nSPS) is 19.9. The molecular formula is C20H25ClN4O4S2. The van der Waals surface area contributed by atoms with Gasteiger partial charge in [0, 0.05) is 24.5 Å². The fourth-order valence-corrected chi connectivity index (χ4v) is 5.59. The first-order chi connectivity index (χ1) is 14.7. The lowest BCUT2D eigenvalue weighted by Crippen LogP contribution is -2.48. The third-order valence-electron chi connectivity index (χ3n) is 4.51. The van der Waals surface area contributed by atoms with Gasteiger partial charge >= 0.3 is 0 Å². The van der Waals surface area contributed by atoms with E-state index in [0.717, 1.165) is 12.2 Å². The number of sulfonamides is 1. The number of nitrogens with one attached hydrogen (secondary N) is 1. The number of ether oxygens (including phenoxy) is 1. The van der Waals surface area contributed by atoms with Gasteiger partial charge < -0.3 is 10.1 Å². The Morgan fingerprint density at radius 1 is 1.26 bits per heavy atom. The van der Waals surface area contributed by atoms with Gasteiger partial charge in [-0.25, -0.2) is 18.4 Å². The molecular weight excluding hydrogens is 460 g/mol. The van der Waals surface area contributed by atoms with Crippen LogP contribution < -0.4 is 5.32 Å². The first kappa shape index (κ1) is 23.9. The smallest absolute Gasteiger partial charge is 0.275 e. The molecule has 1 aromatic carbocycles. The van der Waals surface area contributed by atoms with Gasteiger partial charge in [0.2, 0.25) is 10.0 Å². The minimum absolute atomic E-state index is 0.0725. The topological polar surface area (TPSA) is 101 Å². The van der Waals surface area contributed by atoms with Crippen LogP contribution in [0.4, 0.5) is 5.69 Å². The van der Waals surface area contributed by atoms with Gasteiger partial charge in [0.1, 0.15) is 0 Å². The zero-order valence-corrected chi connectivity index (χ0v) is 19.9. The van der Waals surface area contributed by atoms with E-state index in [9.17, 15) is 13.2 Å². The van der Waals surface area contributed by atoms with Gasteiger partial charge in [-0.05, 0) is 44.5 Å². The summed E-state index contributed by atoms with van der Waals surface area (Å²) in [4.78, 5) is 21.1. The van der Waals surface area contributed by atoms with Crippen molar-refractivity contribution in [3.05, 3.63) is 41.2 Å². The van der Waals surface area contributed by atoms with Crippen molar-refractivity contribution in [3.63, 3.8) is 0 Å². The SMILES string of the molecule is CCCSc1ncc(Cl)c(C(=O)Nc2ccc(S(=O)(=O)N3C[C@@H](C)O[C@H](C)C3)cc2)n1. The molecule has 0 saturated carbocycles. The molecule has 0 bridgehead atoms. The zero-order chi connectivity index (χ0) is 22.6. The number of carbonyl (C=O) groups is 1. The fraction of sp³-hybridized carbons (Fsp3) is 0.450. The second kappa shape index (κ2) is 10.3. The minimum Gasteiger partial charge on any atom is -0.373 e. The van der Waals surface area contributed by atoms with Crippen LogP contribution in [0, 0.1) is 0 Å². The lowest BCUT2D eigenvalue weighted by molar-refractivity contribution is -0.0440. The zero-order valence-electron chi connectivity index (χ0n) is 17.5. The Kier molecular flexibility index (Phi) is 7.92. The number of amides is 1. The molecule has 8 nitrogen and oxygen atoms in total. The highest BCUT2D eigenvalue weighted by atomic mass is 35.5. The Morgan fingerprint density at radius 3 is 2.52 bits per heavy atom. The number of rotatable bonds is 7. The van der Waals surface area contributed by atoms with Crippen LogP contribution in [0.1, 0.15) is 37.7 Å². The molecule has 11 heteroatoms. The van der Waals surface area contributed by atoms with E-state index in [1.165, 1.54) is 34.4 Å². The molecule has 168 valence electrons. The maximum absolute atomic E-state index is 12.9. The van der Waals surface area contributed by atoms with Gasteiger partial charge in [-0.1, -0.05) is 30.3 Å². The van der Waals surface area contributed by atoms with E-state index in [2.05, 4.69) is 15.3 Å². The van der Waals surface area contributed by atoms with Crippen molar-refractivity contribution in [2.45, 2.75) is 49.5 Å². The number of aromatic nitrogens is 2. The average molecular weight is 485 g/mol. The van der Waals surface area contributed by atoms with Crippen LogP contribution >= 0.6 is 23.4 Å². The Hall–Kier alpha value is -1.72. The van der Waals surface area contributed by atoms with Crippen LogP contribution in [0.15, 0.2) is 40.5 Å². The van der Waals surface area contributed by atoms with Crippen molar-refractivity contribution < 1.29 is 17.9 Å². The molecule has 1 aliphatic heterocycles. The van der Waals surface area contributed by atoms with E-state index < -0.39 is 15.9 Å². The lowest BCUT2D eigenvalue weighted by atomic mass is 10.3. The Morgan fingerprint density at radius 2 is 1.90 bits per heavy atom. The van der Waals surface area contributed by atoms with Gasteiger partial charge in [0.05, 0.1) is 28.3 Å². The number of nitrogens with zero attached hydrogens (tertiary/aromatic N) is 3. The summed E-state index contributed by atoms with van der Waals surface area (Å²) in [6.07, 6.45) is 2.02. The number of hydrogen-bond acceptors (Lipinski definition) is 7. The summed E-state index contributed by atoms with van der Waals surface area (Å²) >= 11 is 7.54. The quantitative estimate of drug-likeness (QED) is 0.472. The van der Waals surface area contributed by atoms with Crippen molar-refractivity contribution in [1.29, 1.82) is 0 Å². The summed E-state index contributed by atoms with van der Waals surface area (Å²) < 4.78 is 32.9. The number of carbonyl (C=O) groups excluding carboxylic acids is 1. The maximum atomic E-state index is 12.9. The second-order valence-corrected chi connectivity index (χ2v) is 10.7. The molecule has 0 radical (unpaired) electrons. The summed E-state index contributed by atoms with van der Waals surface area (Å²) in [5.41, 5.74) is 0.508. The molecule has 1 aromatic heterocycles. The van der Waals surface area contributed by atoms with E-state index in [-0.39, 0.29) is 27.8 Å². The molecule has 2 heterocycles. The largest absolute Gasteiger partial charge is 0.373 e. The first-order valence-electron chi connectivity index (χ1n) is 9.93. The summed E-state index contributed by atoms with van der Waals surface area (Å²) in [6, 6.07) is 6.03. The first-order valence-corrected chi connectivity index (χ1v) is 12.7. The van der Waals surface area contributed by atoms with Crippen molar-refractivity contribution in [2.75, 3.05) is 24.2 Å². The predicted molar refractivity (Wildman–Crippen MR) is 121 cm³/mol. The van der Waals surface area contributed by atoms with Gasteiger partial charge in [-0.15, -0.1) is 0 Å². The molecule has 1 fully saturated rings. The van der Waals surface area contributed by atoms with Crippen LogP contribution in [0.2, 0.25) is 5.02 Å². The fourth-order valence-electron chi connectivity index (χ4n) is 3.15. The molecule has 1 amide bonds. The molecule has 2 atom stereocenters. The number of thioether (sulfide) groups is 1. The van der Waals surface area contributed by atoms with Gasteiger partial charge in [0.25, 0.3) is 5.91 Å². The average Bonchev–Trinajstić information content (AvgIpc) is 2.72. The third kappa shape index (κ3) is 5.95. The van der Waals surface area contributed by atoms with Crippen molar-refractivity contribution in [2.24, 2.45) is 0 Å². The van der Waals surface area contributed by atoms with Crippen LogP contribution in [0.25, 0.3) is 0 Å². The molecule has 0 unspecified atom stereocenters. The molecule has 31 heavy (non-hydrogen) atoms. The highest BCUT2D eigenvalue weighted by Crippen LogP contribution is 2.24. The van der Waals surface area contributed by atoms with E-state index >= 15 is 0 Å². The van der Waals surface area contributed by atoms with Crippen LogP contribution in [-0.4, -0.2) is 59.6 Å².